The molecule has 0 unspecified atom stereocenters. The van der Waals surface area contributed by atoms with Crippen LogP contribution in [-0.4, -0.2) is 15.9 Å². The average molecular weight is 359 g/mol. The predicted molar refractivity (Wildman–Crippen MR) is 106 cm³/mol. The first kappa shape index (κ1) is 17.0. The number of carbonyl (C=O) groups excluding carboxylic acids is 1. The Bertz CT molecular complexity index is 1030. The molecule has 6 nitrogen and oxygen atoms in total. The van der Waals surface area contributed by atoms with Crippen LogP contribution in [0.1, 0.15) is 32.7 Å². The number of hydrogen-bond donors (Lipinski definition) is 3. The third kappa shape index (κ3) is 3.21. The molecule has 2 aromatic heterocycles. The molecule has 1 aliphatic rings. The Morgan fingerprint density at radius 2 is 1.96 bits per heavy atom. The summed E-state index contributed by atoms with van der Waals surface area (Å²) in [5, 5.41) is 6.18. The molecule has 1 aliphatic heterocycles. The minimum absolute atomic E-state index is 0.111. The number of rotatable bonds is 4. The summed E-state index contributed by atoms with van der Waals surface area (Å²) in [5.41, 5.74) is 13.2. The SMILES string of the molecule is Cc1ccc(CNc2cc(C)c(-c3ccc(N)c4c3CNC4=O)cn2)cn1. The highest BCUT2D eigenvalue weighted by Crippen LogP contribution is 2.34. The molecule has 0 saturated carbocycles. The molecule has 1 amide bonds. The third-order valence-electron chi connectivity index (χ3n) is 4.85. The molecule has 0 fully saturated rings. The van der Waals surface area contributed by atoms with Crippen LogP contribution in [0, 0.1) is 13.8 Å². The second-order valence-corrected chi connectivity index (χ2v) is 6.78. The van der Waals surface area contributed by atoms with Crippen LogP contribution >= 0.6 is 0 Å². The van der Waals surface area contributed by atoms with E-state index in [4.69, 9.17) is 5.73 Å². The van der Waals surface area contributed by atoms with E-state index in [1.54, 1.807) is 6.07 Å². The fraction of sp³-hybridized carbons (Fsp3) is 0.190. The molecule has 0 radical (unpaired) electrons. The van der Waals surface area contributed by atoms with E-state index in [1.165, 1.54) is 0 Å². The number of aryl methyl sites for hydroxylation is 2. The fourth-order valence-corrected chi connectivity index (χ4v) is 3.36. The largest absolute Gasteiger partial charge is 0.398 e. The van der Waals surface area contributed by atoms with Crippen molar-refractivity contribution >= 4 is 17.4 Å². The predicted octanol–water partition coefficient (Wildman–Crippen LogP) is 3.20. The number of pyridine rings is 2. The zero-order chi connectivity index (χ0) is 19.0. The maximum atomic E-state index is 12.0. The molecule has 6 heteroatoms. The molecule has 136 valence electrons. The van der Waals surface area contributed by atoms with Gasteiger partial charge in [-0.25, -0.2) is 4.98 Å². The summed E-state index contributed by atoms with van der Waals surface area (Å²) in [7, 11) is 0. The molecule has 0 atom stereocenters. The van der Waals surface area contributed by atoms with E-state index in [1.807, 2.05) is 44.4 Å². The lowest BCUT2D eigenvalue weighted by molar-refractivity contribution is 0.0966. The molecule has 1 aromatic carbocycles. The summed E-state index contributed by atoms with van der Waals surface area (Å²) >= 11 is 0. The summed E-state index contributed by atoms with van der Waals surface area (Å²) in [4.78, 5) is 20.9. The molecular weight excluding hydrogens is 338 g/mol. The Morgan fingerprint density at radius 3 is 2.70 bits per heavy atom. The van der Waals surface area contributed by atoms with Crippen LogP contribution in [0.4, 0.5) is 11.5 Å². The Morgan fingerprint density at radius 1 is 1.11 bits per heavy atom. The molecular formula is C21H21N5O. The van der Waals surface area contributed by atoms with E-state index >= 15 is 0 Å². The summed E-state index contributed by atoms with van der Waals surface area (Å²) in [6.07, 6.45) is 3.71. The van der Waals surface area contributed by atoms with Crippen molar-refractivity contribution in [1.82, 2.24) is 15.3 Å². The minimum Gasteiger partial charge on any atom is -0.398 e. The highest BCUT2D eigenvalue weighted by Gasteiger charge is 2.25. The van der Waals surface area contributed by atoms with Crippen LogP contribution in [0.15, 0.2) is 42.7 Å². The molecule has 3 heterocycles. The zero-order valence-corrected chi connectivity index (χ0v) is 15.3. The number of benzene rings is 1. The molecule has 3 aromatic rings. The number of hydrogen-bond acceptors (Lipinski definition) is 5. The molecule has 27 heavy (non-hydrogen) atoms. The smallest absolute Gasteiger partial charge is 0.254 e. The van der Waals surface area contributed by atoms with Crippen molar-refractivity contribution in [2.24, 2.45) is 0 Å². The number of nitrogens with one attached hydrogen (secondary N) is 2. The van der Waals surface area contributed by atoms with Crippen LogP contribution in [0.25, 0.3) is 11.1 Å². The van der Waals surface area contributed by atoms with Gasteiger partial charge in [0.1, 0.15) is 5.82 Å². The van der Waals surface area contributed by atoms with Crippen LogP contribution in [0.3, 0.4) is 0 Å². The lowest BCUT2D eigenvalue weighted by Gasteiger charge is -2.13. The van der Waals surface area contributed by atoms with Gasteiger partial charge < -0.3 is 16.4 Å². The first-order chi connectivity index (χ1) is 13.0. The Labute approximate surface area is 157 Å². The lowest BCUT2D eigenvalue weighted by atomic mass is 9.94. The van der Waals surface area contributed by atoms with E-state index in [-0.39, 0.29) is 5.91 Å². The van der Waals surface area contributed by atoms with Crippen molar-refractivity contribution in [2.45, 2.75) is 26.9 Å². The van der Waals surface area contributed by atoms with Gasteiger partial charge in [-0.2, -0.15) is 0 Å². The highest BCUT2D eigenvalue weighted by atomic mass is 16.1. The van der Waals surface area contributed by atoms with Gasteiger partial charge in [-0.05, 0) is 54.3 Å². The first-order valence-corrected chi connectivity index (χ1v) is 8.85. The highest BCUT2D eigenvalue weighted by molar-refractivity contribution is 6.05. The number of fused-ring (bicyclic) bond motifs is 1. The monoisotopic (exact) mass is 359 g/mol. The quantitative estimate of drug-likeness (QED) is 0.622. The standard InChI is InChI=1S/C21H21N5O/c1-12-7-19(24-9-14-4-3-13(2)23-8-14)25-10-16(12)15-5-6-18(22)20-17(15)11-26-21(20)27/h3-8,10H,9,11,22H2,1-2H3,(H,24,25)(H,26,27). The lowest BCUT2D eigenvalue weighted by Crippen LogP contribution is -2.13. The zero-order valence-electron chi connectivity index (χ0n) is 15.3. The second-order valence-electron chi connectivity index (χ2n) is 6.78. The Hall–Kier alpha value is -3.41. The van der Waals surface area contributed by atoms with Gasteiger partial charge in [-0.15, -0.1) is 0 Å². The molecule has 0 spiro atoms. The number of carbonyl (C=O) groups is 1. The van der Waals surface area contributed by atoms with Crippen LogP contribution in [0.5, 0.6) is 0 Å². The van der Waals surface area contributed by atoms with Crippen molar-refractivity contribution in [3.05, 3.63) is 70.7 Å². The van der Waals surface area contributed by atoms with Gasteiger partial charge in [0.2, 0.25) is 0 Å². The average Bonchev–Trinajstić information content (AvgIpc) is 3.05. The van der Waals surface area contributed by atoms with Gasteiger partial charge in [0, 0.05) is 42.4 Å². The topological polar surface area (TPSA) is 92.9 Å². The van der Waals surface area contributed by atoms with Crippen molar-refractivity contribution < 1.29 is 4.79 Å². The van der Waals surface area contributed by atoms with Gasteiger partial charge in [0.05, 0.1) is 5.56 Å². The van der Waals surface area contributed by atoms with Crippen molar-refractivity contribution in [1.29, 1.82) is 0 Å². The van der Waals surface area contributed by atoms with Gasteiger partial charge in [-0.1, -0.05) is 12.1 Å². The normalized spacial score (nSPS) is 12.6. The van der Waals surface area contributed by atoms with Crippen molar-refractivity contribution in [3.8, 4) is 11.1 Å². The molecule has 0 bridgehead atoms. The number of aromatic nitrogens is 2. The first-order valence-electron chi connectivity index (χ1n) is 8.85. The summed E-state index contributed by atoms with van der Waals surface area (Å²) < 4.78 is 0. The second kappa shape index (κ2) is 6.72. The maximum Gasteiger partial charge on any atom is 0.254 e. The Balaban J connectivity index is 1.60. The number of nitrogens with two attached hydrogens (primary N) is 1. The van der Waals surface area contributed by atoms with Crippen LogP contribution in [-0.2, 0) is 13.1 Å². The van der Waals surface area contributed by atoms with Crippen LogP contribution < -0.4 is 16.4 Å². The molecule has 0 saturated heterocycles. The maximum absolute atomic E-state index is 12.0. The number of anilines is 2. The molecule has 4 rings (SSSR count). The fourth-order valence-electron chi connectivity index (χ4n) is 3.36. The Kier molecular flexibility index (Phi) is 4.24. The number of nitrogens with zero attached hydrogens (tertiary/aromatic N) is 2. The molecule has 4 N–H and O–H groups in total. The van der Waals surface area contributed by atoms with Crippen LogP contribution in [0.2, 0.25) is 0 Å². The van der Waals surface area contributed by atoms with E-state index in [0.717, 1.165) is 39.3 Å². The van der Waals surface area contributed by atoms with E-state index in [9.17, 15) is 4.79 Å². The number of nitrogen functional groups attached to an aromatic ring is 1. The minimum atomic E-state index is -0.111. The summed E-state index contributed by atoms with van der Waals surface area (Å²) in [6, 6.07) is 9.82. The van der Waals surface area contributed by atoms with E-state index in [0.29, 0.717) is 24.3 Å². The van der Waals surface area contributed by atoms with Gasteiger partial charge in [0.15, 0.2) is 0 Å². The van der Waals surface area contributed by atoms with Crippen molar-refractivity contribution in [2.75, 3.05) is 11.1 Å². The molecule has 0 aliphatic carbocycles. The van der Waals surface area contributed by atoms with Gasteiger partial charge in [0.25, 0.3) is 5.91 Å². The summed E-state index contributed by atoms with van der Waals surface area (Å²) in [5.74, 6) is 0.693. The number of amides is 1. The van der Waals surface area contributed by atoms with E-state index < -0.39 is 0 Å². The van der Waals surface area contributed by atoms with Crippen molar-refractivity contribution in [3.63, 3.8) is 0 Å². The van der Waals surface area contributed by atoms with Gasteiger partial charge >= 0.3 is 0 Å². The van der Waals surface area contributed by atoms with E-state index in [2.05, 4.69) is 26.7 Å². The van der Waals surface area contributed by atoms with Gasteiger partial charge in [-0.3, -0.25) is 9.78 Å². The third-order valence-corrected chi connectivity index (χ3v) is 4.85. The summed E-state index contributed by atoms with van der Waals surface area (Å²) in [6.45, 7) is 5.17.